The maximum Gasteiger partial charge on any atom is 0.164 e. The molecule has 10 rings (SSSR count). The maximum absolute atomic E-state index is 9.73. The monoisotopic (exact) mass is 743 g/mol. The predicted octanol–water partition coefficient (Wildman–Crippen LogP) is 13.4. The minimum atomic E-state index is 0.470. The number of hydrogen-bond donors (Lipinski definition) is 0. The van der Waals surface area contributed by atoms with Gasteiger partial charge in [-0.15, -0.1) is 0 Å². The lowest BCUT2D eigenvalue weighted by Crippen LogP contribution is -2.11. The van der Waals surface area contributed by atoms with Crippen molar-refractivity contribution in [3.05, 3.63) is 206 Å². The van der Waals surface area contributed by atoms with E-state index in [9.17, 15) is 5.26 Å². The summed E-state index contributed by atoms with van der Waals surface area (Å²) in [6.07, 6.45) is 0. The van der Waals surface area contributed by atoms with Crippen molar-refractivity contribution in [1.29, 1.82) is 5.26 Å². The van der Waals surface area contributed by atoms with E-state index in [0.29, 0.717) is 28.6 Å². The topological polar surface area (TPSA) is 78.8 Å². The molecule has 0 saturated carbocycles. The number of benzene rings is 8. The second kappa shape index (κ2) is 14.8. The molecule has 0 radical (unpaired) electrons. The Kier molecular flexibility index (Phi) is 8.79. The van der Waals surface area contributed by atoms with Gasteiger partial charge >= 0.3 is 0 Å². The van der Waals surface area contributed by atoms with E-state index >= 15 is 0 Å². The van der Waals surface area contributed by atoms with Crippen molar-refractivity contribution in [3.63, 3.8) is 0 Å². The van der Waals surface area contributed by atoms with Crippen LogP contribution in [0.1, 0.15) is 5.56 Å². The summed E-state index contributed by atoms with van der Waals surface area (Å²) in [5, 5.41) is 11.7. The third kappa shape index (κ3) is 6.53. The lowest BCUT2D eigenvalue weighted by molar-refractivity contribution is 0.669. The van der Waals surface area contributed by atoms with Gasteiger partial charge in [0.1, 0.15) is 11.2 Å². The van der Waals surface area contributed by atoms with Crippen LogP contribution in [0, 0.1) is 11.3 Å². The molecule has 2 heterocycles. The number of nitrogens with zero attached hydrogens (tertiary/aromatic N) is 5. The first-order valence-corrected chi connectivity index (χ1v) is 19.1. The fraction of sp³-hybridized carbons (Fsp3) is 0. The summed E-state index contributed by atoms with van der Waals surface area (Å²) in [6, 6.07) is 70.0. The van der Waals surface area contributed by atoms with Gasteiger partial charge in [0.2, 0.25) is 0 Å². The van der Waals surface area contributed by atoms with Crippen molar-refractivity contribution in [3.8, 4) is 62.5 Å². The van der Waals surface area contributed by atoms with E-state index in [0.717, 1.165) is 72.4 Å². The lowest BCUT2D eigenvalue weighted by atomic mass is 10.0. The van der Waals surface area contributed by atoms with Crippen LogP contribution in [0.25, 0.3) is 78.4 Å². The van der Waals surface area contributed by atoms with Crippen LogP contribution in [0.3, 0.4) is 0 Å². The highest BCUT2D eigenvalue weighted by Gasteiger charge is 2.23. The first-order valence-electron chi connectivity index (χ1n) is 19.1. The van der Waals surface area contributed by atoms with Crippen molar-refractivity contribution in [2.24, 2.45) is 0 Å². The van der Waals surface area contributed by atoms with Crippen molar-refractivity contribution in [2.75, 3.05) is 4.90 Å². The van der Waals surface area contributed by atoms with Crippen LogP contribution in [-0.4, -0.2) is 15.0 Å². The molecule has 6 nitrogen and oxygen atoms in total. The zero-order valence-electron chi connectivity index (χ0n) is 31.2. The van der Waals surface area contributed by atoms with Gasteiger partial charge in [0.05, 0.1) is 22.7 Å². The van der Waals surface area contributed by atoms with Crippen molar-refractivity contribution < 1.29 is 4.42 Å². The Morgan fingerprint density at radius 3 is 1.47 bits per heavy atom. The Bertz CT molecular complexity index is 3020. The molecule has 0 amide bonds. The van der Waals surface area contributed by atoms with Crippen LogP contribution in [0.5, 0.6) is 0 Å². The van der Waals surface area contributed by atoms with Crippen LogP contribution < -0.4 is 4.90 Å². The fourth-order valence-electron chi connectivity index (χ4n) is 7.51. The number of para-hydroxylation sites is 1. The van der Waals surface area contributed by atoms with E-state index in [1.807, 2.05) is 84.9 Å². The number of rotatable bonds is 8. The fourth-order valence-corrected chi connectivity index (χ4v) is 7.51. The minimum Gasteiger partial charge on any atom is -0.456 e. The van der Waals surface area contributed by atoms with Crippen molar-refractivity contribution >= 4 is 39.0 Å². The average molecular weight is 744 g/mol. The lowest BCUT2D eigenvalue weighted by Gasteiger charge is -2.27. The largest absolute Gasteiger partial charge is 0.456 e. The van der Waals surface area contributed by atoms with Gasteiger partial charge in [-0.05, 0) is 76.9 Å². The molecule has 10 aromatic rings. The van der Waals surface area contributed by atoms with Crippen molar-refractivity contribution in [1.82, 2.24) is 15.0 Å². The van der Waals surface area contributed by atoms with E-state index in [-0.39, 0.29) is 0 Å². The molecule has 0 spiro atoms. The molecule has 0 saturated heterocycles. The number of anilines is 3. The molecule has 0 aliphatic heterocycles. The second-order valence-corrected chi connectivity index (χ2v) is 14.0. The minimum absolute atomic E-state index is 0.470. The predicted molar refractivity (Wildman–Crippen MR) is 234 cm³/mol. The van der Waals surface area contributed by atoms with Crippen molar-refractivity contribution in [2.45, 2.75) is 0 Å². The molecular weight excluding hydrogens is 711 g/mol. The second-order valence-electron chi connectivity index (χ2n) is 14.0. The van der Waals surface area contributed by atoms with Gasteiger partial charge in [0.25, 0.3) is 0 Å². The zero-order chi connectivity index (χ0) is 38.8. The third-order valence-electron chi connectivity index (χ3n) is 10.3. The molecular formula is C52H33N5O. The summed E-state index contributed by atoms with van der Waals surface area (Å²) >= 11 is 0. The number of furan rings is 1. The molecule has 0 unspecified atom stereocenters. The smallest absolute Gasteiger partial charge is 0.164 e. The van der Waals surface area contributed by atoms with Crippen LogP contribution in [0.2, 0.25) is 0 Å². The van der Waals surface area contributed by atoms with Crippen LogP contribution in [0.15, 0.2) is 205 Å². The summed E-state index contributed by atoms with van der Waals surface area (Å²) in [5.41, 5.74) is 11.8. The van der Waals surface area contributed by atoms with Crippen LogP contribution in [0.4, 0.5) is 17.1 Å². The molecule has 8 aromatic carbocycles. The Balaban J connectivity index is 1.22. The van der Waals surface area contributed by atoms with Crippen LogP contribution in [-0.2, 0) is 0 Å². The summed E-state index contributed by atoms with van der Waals surface area (Å²) in [4.78, 5) is 17.4. The molecule has 0 fully saturated rings. The third-order valence-corrected chi connectivity index (χ3v) is 10.3. The zero-order valence-corrected chi connectivity index (χ0v) is 31.2. The van der Waals surface area contributed by atoms with E-state index in [2.05, 4.69) is 120 Å². The molecule has 0 aliphatic rings. The molecule has 0 aliphatic carbocycles. The maximum atomic E-state index is 9.73. The standard InChI is InChI=1S/C52H33N5O/c53-34-35-13-12-20-41(31-35)51-54-50(40-18-8-3-9-19-40)55-52(56-51)42-32-46(49-45-21-10-11-22-47(45)58-48(49)33-42)57(43-27-23-38(24-28-43)36-14-4-1-5-15-36)44-29-25-39(26-30-44)37-16-6-2-7-17-37/h1-33H. The van der Waals surface area contributed by atoms with E-state index in [1.54, 1.807) is 6.07 Å². The summed E-state index contributed by atoms with van der Waals surface area (Å²) in [7, 11) is 0. The van der Waals surface area contributed by atoms with E-state index in [1.165, 1.54) is 0 Å². The van der Waals surface area contributed by atoms with Gasteiger partial charge in [-0.25, -0.2) is 15.0 Å². The van der Waals surface area contributed by atoms with Gasteiger partial charge in [-0.3, -0.25) is 0 Å². The summed E-state index contributed by atoms with van der Waals surface area (Å²) in [5.74, 6) is 1.48. The number of hydrogen-bond acceptors (Lipinski definition) is 6. The highest BCUT2D eigenvalue weighted by atomic mass is 16.3. The highest BCUT2D eigenvalue weighted by molar-refractivity contribution is 6.14. The molecule has 0 N–H and O–H groups in total. The van der Waals surface area contributed by atoms with Gasteiger partial charge in [-0.1, -0.05) is 146 Å². The first kappa shape index (κ1) is 34.4. The normalized spacial score (nSPS) is 11.1. The molecule has 6 heteroatoms. The van der Waals surface area contributed by atoms with Gasteiger partial charge in [-0.2, -0.15) is 5.26 Å². The number of nitriles is 1. The molecule has 0 atom stereocenters. The molecule has 2 aromatic heterocycles. The summed E-state index contributed by atoms with van der Waals surface area (Å²) < 4.78 is 6.66. The number of fused-ring (bicyclic) bond motifs is 3. The van der Waals surface area contributed by atoms with E-state index < -0.39 is 0 Å². The average Bonchev–Trinajstić information content (AvgIpc) is 3.69. The van der Waals surface area contributed by atoms with Gasteiger partial charge < -0.3 is 9.32 Å². The Hall–Kier alpha value is -8.14. The first-order chi connectivity index (χ1) is 28.7. The van der Waals surface area contributed by atoms with E-state index in [4.69, 9.17) is 19.4 Å². The Morgan fingerprint density at radius 2 is 0.879 bits per heavy atom. The Morgan fingerprint density at radius 1 is 0.397 bits per heavy atom. The van der Waals surface area contributed by atoms with Gasteiger partial charge in [0.15, 0.2) is 17.5 Å². The highest BCUT2D eigenvalue weighted by Crippen LogP contribution is 2.45. The Labute approximate surface area is 335 Å². The SMILES string of the molecule is N#Cc1cccc(-c2nc(-c3ccccc3)nc(-c3cc(N(c4ccc(-c5ccccc5)cc4)c4ccc(-c5ccccc5)cc4)c4c(c3)oc3ccccc34)n2)c1. The molecule has 0 bridgehead atoms. The number of aromatic nitrogens is 3. The molecule has 58 heavy (non-hydrogen) atoms. The van der Waals surface area contributed by atoms with Crippen LogP contribution >= 0.6 is 0 Å². The molecule has 272 valence electrons. The van der Waals surface area contributed by atoms with Gasteiger partial charge in [0, 0.05) is 33.5 Å². The summed E-state index contributed by atoms with van der Waals surface area (Å²) in [6.45, 7) is 0. The quantitative estimate of drug-likeness (QED) is 0.154.